The summed E-state index contributed by atoms with van der Waals surface area (Å²) < 4.78 is 24.3. The first-order valence-electron chi connectivity index (χ1n) is 8.69. The predicted octanol–water partition coefficient (Wildman–Crippen LogP) is 4.93. The molecule has 3 aromatic carbocycles. The summed E-state index contributed by atoms with van der Waals surface area (Å²) in [5.74, 6) is 0.301. The van der Waals surface area contributed by atoms with Crippen LogP contribution in [0.2, 0.25) is 0 Å². The van der Waals surface area contributed by atoms with Crippen LogP contribution in [0.3, 0.4) is 0 Å². The molecule has 0 bridgehead atoms. The Balaban J connectivity index is 1.51. The topological polar surface area (TPSA) is 78.7 Å². The molecule has 0 saturated carbocycles. The van der Waals surface area contributed by atoms with Gasteiger partial charge in [0.15, 0.2) is 5.76 Å². The van der Waals surface area contributed by atoms with Crippen LogP contribution in [0.1, 0.15) is 21.5 Å². The number of halogens is 1. The number of hydrogen-bond donors (Lipinski definition) is 0. The molecule has 6 nitrogen and oxygen atoms in total. The highest BCUT2D eigenvalue weighted by molar-refractivity contribution is 6.14. The highest BCUT2D eigenvalue weighted by Gasteiger charge is 2.27. The average Bonchev–Trinajstić information content (AvgIpc) is 3.02. The molecule has 144 valence electrons. The molecular formula is C22H14FNO5. The van der Waals surface area contributed by atoms with Crippen molar-refractivity contribution < 1.29 is 23.6 Å². The predicted molar refractivity (Wildman–Crippen MR) is 103 cm³/mol. The maximum atomic E-state index is 13.0. The number of fused-ring (bicyclic) bond motifs is 1. The molecule has 0 aromatic heterocycles. The average molecular weight is 391 g/mol. The van der Waals surface area contributed by atoms with E-state index in [2.05, 4.69) is 0 Å². The van der Waals surface area contributed by atoms with E-state index in [0.29, 0.717) is 22.6 Å². The Labute approximate surface area is 165 Å². The second-order valence-electron chi connectivity index (χ2n) is 6.36. The number of ether oxygens (including phenoxy) is 2. The molecule has 4 rings (SSSR count). The van der Waals surface area contributed by atoms with Gasteiger partial charge in [-0.2, -0.15) is 0 Å². The lowest BCUT2D eigenvalue weighted by Gasteiger charge is -2.07. The molecule has 0 radical (unpaired) electrons. The molecule has 1 heterocycles. The van der Waals surface area contributed by atoms with Crippen LogP contribution >= 0.6 is 0 Å². The Hall–Kier alpha value is -4.00. The first-order valence-corrected chi connectivity index (χ1v) is 8.69. The largest absolute Gasteiger partial charge is 0.489 e. The number of nitro groups is 1. The minimum absolute atomic E-state index is 0.0706. The third kappa shape index (κ3) is 3.98. The van der Waals surface area contributed by atoms with E-state index in [0.717, 1.165) is 5.56 Å². The van der Waals surface area contributed by atoms with Gasteiger partial charge in [0.1, 0.15) is 23.9 Å². The van der Waals surface area contributed by atoms with Crippen molar-refractivity contribution in [2.45, 2.75) is 6.61 Å². The Morgan fingerprint density at radius 2 is 1.86 bits per heavy atom. The molecule has 0 N–H and O–H groups in total. The fraction of sp³-hybridized carbons (Fsp3) is 0.0455. The maximum absolute atomic E-state index is 13.0. The number of rotatable bonds is 5. The number of carbonyl (C=O) groups excluding carboxylic acids is 1. The molecule has 7 heteroatoms. The number of allylic oxidation sites excluding steroid dienone is 1. The zero-order valence-electron chi connectivity index (χ0n) is 15.0. The molecular weight excluding hydrogens is 377 g/mol. The van der Waals surface area contributed by atoms with Crippen molar-refractivity contribution in [2.75, 3.05) is 0 Å². The van der Waals surface area contributed by atoms with Gasteiger partial charge < -0.3 is 9.47 Å². The maximum Gasteiger partial charge on any atom is 0.270 e. The van der Waals surface area contributed by atoms with E-state index in [1.807, 2.05) is 0 Å². The lowest BCUT2D eigenvalue weighted by atomic mass is 10.1. The zero-order valence-corrected chi connectivity index (χ0v) is 15.0. The van der Waals surface area contributed by atoms with Crippen LogP contribution in [-0.4, -0.2) is 10.7 Å². The quantitative estimate of drug-likeness (QED) is 0.350. The van der Waals surface area contributed by atoms with Crippen LogP contribution in [0.5, 0.6) is 11.5 Å². The third-order valence-corrected chi connectivity index (χ3v) is 4.34. The van der Waals surface area contributed by atoms with Crippen molar-refractivity contribution in [3.63, 3.8) is 0 Å². The van der Waals surface area contributed by atoms with Gasteiger partial charge in [-0.15, -0.1) is 0 Å². The van der Waals surface area contributed by atoms with Gasteiger partial charge in [-0.1, -0.05) is 24.3 Å². The number of hydrogen-bond acceptors (Lipinski definition) is 5. The number of Topliss-reactive ketones (excluding diaryl/α,β-unsaturated/α-hetero) is 1. The number of benzene rings is 3. The summed E-state index contributed by atoms with van der Waals surface area (Å²) in [6, 6.07) is 16.8. The van der Waals surface area contributed by atoms with E-state index in [-0.39, 0.29) is 29.7 Å². The molecule has 1 aliphatic heterocycles. The molecule has 3 aromatic rings. The second kappa shape index (κ2) is 7.55. The van der Waals surface area contributed by atoms with Gasteiger partial charge in [0.2, 0.25) is 5.78 Å². The summed E-state index contributed by atoms with van der Waals surface area (Å²) >= 11 is 0. The molecule has 0 amide bonds. The Morgan fingerprint density at radius 3 is 2.62 bits per heavy atom. The van der Waals surface area contributed by atoms with Crippen molar-refractivity contribution >= 4 is 17.5 Å². The molecule has 0 unspecified atom stereocenters. The standard InChI is InChI=1S/C22H14FNO5/c23-16-6-4-14(5-7-16)13-28-18-8-9-19-20(12-18)29-21(22(19)25)11-15-2-1-3-17(10-15)24(26)27/h1-12H,13H2/b21-11+. The van der Waals surface area contributed by atoms with Gasteiger partial charge in [-0.3, -0.25) is 14.9 Å². The van der Waals surface area contributed by atoms with Crippen molar-refractivity contribution in [3.05, 3.63) is 105 Å². The summed E-state index contributed by atoms with van der Waals surface area (Å²) in [7, 11) is 0. The zero-order chi connectivity index (χ0) is 20.4. The third-order valence-electron chi connectivity index (χ3n) is 4.34. The van der Waals surface area contributed by atoms with Gasteiger partial charge in [0.05, 0.1) is 10.5 Å². The Bertz CT molecular complexity index is 1140. The van der Waals surface area contributed by atoms with Crippen LogP contribution in [0.15, 0.2) is 72.5 Å². The SMILES string of the molecule is O=C1/C(=C\c2cccc([N+](=O)[O-])c2)Oc2cc(OCc3ccc(F)cc3)ccc21. The van der Waals surface area contributed by atoms with E-state index in [1.165, 1.54) is 30.3 Å². The molecule has 0 atom stereocenters. The van der Waals surface area contributed by atoms with Crippen LogP contribution in [0, 0.1) is 15.9 Å². The van der Waals surface area contributed by atoms with E-state index in [9.17, 15) is 19.3 Å². The number of carbonyl (C=O) groups is 1. The molecule has 0 saturated heterocycles. The van der Waals surface area contributed by atoms with Crippen LogP contribution in [0.25, 0.3) is 6.08 Å². The number of nitrogens with zero attached hydrogens (tertiary/aromatic N) is 1. The normalized spacial score (nSPS) is 13.8. The van der Waals surface area contributed by atoms with Gasteiger partial charge in [0.25, 0.3) is 5.69 Å². The minimum atomic E-state index is -0.501. The first kappa shape index (κ1) is 18.4. The van der Waals surface area contributed by atoms with Gasteiger partial charge in [0, 0.05) is 18.2 Å². The summed E-state index contributed by atoms with van der Waals surface area (Å²) in [5, 5.41) is 10.9. The lowest BCUT2D eigenvalue weighted by Crippen LogP contribution is -1.98. The minimum Gasteiger partial charge on any atom is -0.489 e. The molecule has 0 spiro atoms. The number of ketones is 1. The van der Waals surface area contributed by atoms with Crippen molar-refractivity contribution in [1.29, 1.82) is 0 Å². The van der Waals surface area contributed by atoms with Crippen molar-refractivity contribution in [1.82, 2.24) is 0 Å². The van der Waals surface area contributed by atoms with E-state index >= 15 is 0 Å². The summed E-state index contributed by atoms with van der Waals surface area (Å²) in [6.45, 7) is 0.239. The van der Waals surface area contributed by atoms with Gasteiger partial charge in [-0.25, -0.2) is 4.39 Å². The number of non-ortho nitro benzene ring substituents is 1. The second-order valence-corrected chi connectivity index (χ2v) is 6.36. The Kier molecular flexibility index (Phi) is 4.78. The monoisotopic (exact) mass is 391 g/mol. The van der Waals surface area contributed by atoms with Crippen molar-refractivity contribution in [3.8, 4) is 11.5 Å². The number of nitro benzene ring substituents is 1. The van der Waals surface area contributed by atoms with E-state index < -0.39 is 4.92 Å². The lowest BCUT2D eigenvalue weighted by molar-refractivity contribution is -0.384. The Morgan fingerprint density at radius 1 is 1.07 bits per heavy atom. The summed E-state index contributed by atoms with van der Waals surface area (Å²) in [6.07, 6.45) is 1.47. The summed E-state index contributed by atoms with van der Waals surface area (Å²) in [4.78, 5) is 22.9. The van der Waals surface area contributed by atoms with Crippen LogP contribution in [-0.2, 0) is 6.61 Å². The smallest absolute Gasteiger partial charge is 0.270 e. The highest BCUT2D eigenvalue weighted by atomic mass is 19.1. The van der Waals surface area contributed by atoms with Gasteiger partial charge in [-0.05, 0) is 41.5 Å². The highest BCUT2D eigenvalue weighted by Crippen LogP contribution is 2.35. The molecule has 1 aliphatic rings. The first-order chi connectivity index (χ1) is 14.0. The van der Waals surface area contributed by atoms with Crippen LogP contribution in [0.4, 0.5) is 10.1 Å². The molecule has 29 heavy (non-hydrogen) atoms. The summed E-state index contributed by atoms with van der Waals surface area (Å²) in [5.41, 5.74) is 1.60. The van der Waals surface area contributed by atoms with E-state index in [4.69, 9.17) is 9.47 Å². The van der Waals surface area contributed by atoms with Crippen molar-refractivity contribution in [2.24, 2.45) is 0 Å². The molecule has 0 aliphatic carbocycles. The van der Waals surface area contributed by atoms with Gasteiger partial charge >= 0.3 is 0 Å². The van der Waals surface area contributed by atoms with Crippen LogP contribution < -0.4 is 9.47 Å². The molecule has 0 fully saturated rings. The van der Waals surface area contributed by atoms with E-state index in [1.54, 1.807) is 42.5 Å². The fourth-order valence-corrected chi connectivity index (χ4v) is 2.88. The fourth-order valence-electron chi connectivity index (χ4n) is 2.88.